The van der Waals surface area contributed by atoms with Crippen molar-refractivity contribution in [1.82, 2.24) is 9.88 Å². The molecule has 0 bridgehead atoms. The normalized spacial score (nSPS) is 11.3. The van der Waals surface area contributed by atoms with Crippen LogP contribution in [0.5, 0.6) is 0 Å². The summed E-state index contributed by atoms with van der Waals surface area (Å²) in [7, 11) is 1.83. The largest absolute Gasteiger partial charge is 0.352 e. The van der Waals surface area contributed by atoms with Crippen LogP contribution in [0.3, 0.4) is 0 Å². The lowest BCUT2D eigenvalue weighted by Crippen LogP contribution is -2.26. The Kier molecular flexibility index (Phi) is 4.84. The lowest BCUT2D eigenvalue weighted by atomic mass is 10.2. The van der Waals surface area contributed by atoms with Crippen molar-refractivity contribution in [2.75, 3.05) is 6.54 Å². The Morgan fingerprint density at radius 1 is 1.30 bits per heavy atom. The molecule has 1 aromatic heterocycles. The van der Waals surface area contributed by atoms with E-state index in [2.05, 4.69) is 10.3 Å². The molecule has 0 radical (unpaired) electrons. The summed E-state index contributed by atoms with van der Waals surface area (Å²) < 4.78 is 1.78. The van der Waals surface area contributed by atoms with E-state index in [4.69, 9.17) is 0 Å². The van der Waals surface area contributed by atoms with Gasteiger partial charge in [0.25, 0.3) is 5.91 Å². The van der Waals surface area contributed by atoms with Crippen molar-refractivity contribution >= 4 is 23.2 Å². The number of amides is 2. The number of benzene rings is 1. The highest BCUT2D eigenvalue weighted by Gasteiger charge is 2.05. The minimum Gasteiger partial charge on any atom is -0.352 e. The minimum atomic E-state index is -0.239. The lowest BCUT2D eigenvalue weighted by molar-refractivity contribution is -0.117. The number of nitrogens with one attached hydrogen (secondary N) is 1. The summed E-state index contributed by atoms with van der Waals surface area (Å²) in [5.41, 5.74) is 0.585. The fraction of sp³-hybridized carbons (Fsp3) is 0.214. The summed E-state index contributed by atoms with van der Waals surface area (Å²) >= 11 is 1.40. The van der Waals surface area contributed by atoms with Gasteiger partial charge in [0, 0.05) is 37.2 Å². The molecule has 104 valence electrons. The Hall–Kier alpha value is -2.21. The van der Waals surface area contributed by atoms with E-state index in [1.165, 1.54) is 11.3 Å². The zero-order chi connectivity index (χ0) is 14.4. The van der Waals surface area contributed by atoms with E-state index in [1.807, 2.05) is 24.7 Å². The van der Waals surface area contributed by atoms with Crippen LogP contribution in [-0.2, 0) is 11.8 Å². The maximum atomic E-state index is 11.7. The molecular weight excluding hydrogens is 274 g/mol. The number of nitrogens with zero attached hydrogens (tertiary/aromatic N) is 2. The zero-order valence-corrected chi connectivity index (χ0v) is 11.9. The molecule has 0 aliphatic rings. The number of carbonyl (C=O) groups excluding carboxylic acids is 2. The number of aromatic nitrogens is 1. The Labute approximate surface area is 120 Å². The van der Waals surface area contributed by atoms with Crippen LogP contribution in [0.1, 0.15) is 16.8 Å². The molecule has 0 saturated heterocycles. The van der Waals surface area contributed by atoms with Crippen LogP contribution in [0.15, 0.2) is 46.9 Å². The second-order valence-corrected chi connectivity index (χ2v) is 5.05. The molecule has 0 fully saturated rings. The number of rotatable bonds is 4. The lowest BCUT2D eigenvalue weighted by Gasteiger charge is -2.02. The quantitative estimate of drug-likeness (QED) is 0.923. The highest BCUT2D eigenvalue weighted by molar-refractivity contribution is 7.07. The first-order chi connectivity index (χ1) is 9.66. The second-order valence-electron chi connectivity index (χ2n) is 4.17. The van der Waals surface area contributed by atoms with Crippen molar-refractivity contribution in [2.24, 2.45) is 12.0 Å². The Balaban J connectivity index is 1.83. The third-order valence-electron chi connectivity index (χ3n) is 2.64. The molecule has 2 aromatic rings. The van der Waals surface area contributed by atoms with E-state index < -0.39 is 0 Å². The van der Waals surface area contributed by atoms with Crippen LogP contribution in [0.25, 0.3) is 0 Å². The van der Waals surface area contributed by atoms with Gasteiger partial charge in [-0.25, -0.2) is 0 Å². The van der Waals surface area contributed by atoms with Crippen LogP contribution >= 0.6 is 11.3 Å². The van der Waals surface area contributed by atoms with Gasteiger partial charge in [0.2, 0.25) is 5.91 Å². The van der Waals surface area contributed by atoms with Gasteiger partial charge in [-0.1, -0.05) is 18.2 Å². The van der Waals surface area contributed by atoms with E-state index in [9.17, 15) is 9.59 Å². The van der Waals surface area contributed by atoms with Gasteiger partial charge in [0.15, 0.2) is 4.80 Å². The molecule has 2 amide bonds. The maximum Gasteiger partial charge on any atom is 0.251 e. The number of hydrogen-bond acceptors (Lipinski definition) is 3. The predicted molar refractivity (Wildman–Crippen MR) is 77.3 cm³/mol. The second kappa shape index (κ2) is 6.81. The number of hydrogen-bond donors (Lipinski definition) is 1. The molecule has 0 aliphatic heterocycles. The smallest absolute Gasteiger partial charge is 0.251 e. The first kappa shape index (κ1) is 14.2. The molecular formula is C14H15N3O2S. The minimum absolute atomic E-state index is 0.180. The van der Waals surface area contributed by atoms with Crippen LogP contribution < -0.4 is 10.1 Å². The summed E-state index contributed by atoms with van der Waals surface area (Å²) in [5.74, 6) is -0.420. The molecule has 0 aliphatic carbocycles. The summed E-state index contributed by atoms with van der Waals surface area (Å²) in [6, 6.07) is 8.90. The summed E-state index contributed by atoms with van der Waals surface area (Å²) in [5, 5.41) is 4.57. The molecule has 1 heterocycles. The van der Waals surface area contributed by atoms with Gasteiger partial charge in [-0.2, -0.15) is 4.99 Å². The number of carbonyl (C=O) groups is 2. The van der Waals surface area contributed by atoms with Crippen molar-refractivity contribution < 1.29 is 9.59 Å². The summed E-state index contributed by atoms with van der Waals surface area (Å²) in [4.78, 5) is 28.0. The highest BCUT2D eigenvalue weighted by atomic mass is 32.1. The van der Waals surface area contributed by atoms with Crippen LogP contribution in [0.4, 0.5) is 0 Å². The third-order valence-corrected chi connectivity index (χ3v) is 3.49. The maximum absolute atomic E-state index is 11.7. The first-order valence-corrected chi connectivity index (χ1v) is 7.06. The van der Waals surface area contributed by atoms with Crippen molar-refractivity contribution in [2.45, 2.75) is 6.42 Å². The van der Waals surface area contributed by atoms with Crippen molar-refractivity contribution in [1.29, 1.82) is 0 Å². The van der Waals surface area contributed by atoms with Crippen molar-refractivity contribution in [3.8, 4) is 0 Å². The van der Waals surface area contributed by atoms with Gasteiger partial charge >= 0.3 is 0 Å². The average Bonchev–Trinajstić information content (AvgIpc) is 2.85. The summed E-state index contributed by atoms with van der Waals surface area (Å²) in [6.07, 6.45) is 2.03. The van der Waals surface area contributed by atoms with Gasteiger partial charge < -0.3 is 9.88 Å². The SMILES string of the molecule is Cn1ccsc1=NC(=O)CCNC(=O)c1ccccc1. The topological polar surface area (TPSA) is 63.5 Å². The molecule has 0 atom stereocenters. The van der Waals surface area contributed by atoms with Gasteiger partial charge in [0.05, 0.1) is 0 Å². The molecule has 0 unspecified atom stereocenters. The predicted octanol–water partition coefficient (Wildman–Crippen LogP) is 1.33. The zero-order valence-electron chi connectivity index (χ0n) is 11.1. The van der Waals surface area contributed by atoms with Crippen LogP contribution in [0.2, 0.25) is 0 Å². The van der Waals surface area contributed by atoms with Gasteiger partial charge in [-0.15, -0.1) is 11.3 Å². The average molecular weight is 289 g/mol. The standard InChI is InChI=1S/C14H15N3O2S/c1-17-9-10-20-14(17)16-12(18)7-8-15-13(19)11-5-3-2-4-6-11/h2-6,9-10H,7-8H2,1H3,(H,15,19). The molecule has 0 spiro atoms. The summed E-state index contributed by atoms with van der Waals surface area (Å²) in [6.45, 7) is 0.283. The third kappa shape index (κ3) is 3.89. The first-order valence-electron chi connectivity index (χ1n) is 6.18. The Morgan fingerprint density at radius 2 is 2.05 bits per heavy atom. The van der Waals surface area contributed by atoms with Gasteiger partial charge in [-0.05, 0) is 12.1 Å². The molecule has 1 aromatic carbocycles. The number of aryl methyl sites for hydroxylation is 1. The van der Waals surface area contributed by atoms with Crippen LogP contribution in [-0.4, -0.2) is 22.9 Å². The van der Waals surface area contributed by atoms with Crippen LogP contribution in [0, 0.1) is 0 Å². The fourth-order valence-corrected chi connectivity index (χ4v) is 2.32. The molecule has 0 saturated carbocycles. The molecule has 1 N–H and O–H groups in total. The highest BCUT2D eigenvalue weighted by Crippen LogP contribution is 1.97. The van der Waals surface area contributed by atoms with Gasteiger partial charge in [-0.3, -0.25) is 9.59 Å². The fourth-order valence-electron chi connectivity index (χ4n) is 1.57. The van der Waals surface area contributed by atoms with Crippen molar-refractivity contribution in [3.05, 3.63) is 52.3 Å². The molecule has 20 heavy (non-hydrogen) atoms. The van der Waals surface area contributed by atoms with Crippen molar-refractivity contribution in [3.63, 3.8) is 0 Å². The molecule has 2 rings (SSSR count). The van der Waals surface area contributed by atoms with E-state index in [-0.39, 0.29) is 24.8 Å². The van der Waals surface area contributed by atoms with E-state index in [0.29, 0.717) is 10.4 Å². The Bertz CT molecular complexity index is 658. The molecule has 6 heteroatoms. The van der Waals surface area contributed by atoms with Gasteiger partial charge in [0.1, 0.15) is 0 Å². The Morgan fingerprint density at radius 3 is 2.70 bits per heavy atom. The van der Waals surface area contributed by atoms with E-state index in [0.717, 1.165) is 0 Å². The molecule has 5 nitrogen and oxygen atoms in total. The van der Waals surface area contributed by atoms with E-state index in [1.54, 1.807) is 28.8 Å². The van der Waals surface area contributed by atoms with E-state index >= 15 is 0 Å². The monoisotopic (exact) mass is 289 g/mol. The number of thiazole rings is 1.